The van der Waals surface area contributed by atoms with Gasteiger partial charge in [0.05, 0.1) is 13.1 Å². The normalized spacial score (nSPS) is 10.8. The molecule has 0 aliphatic heterocycles. The van der Waals surface area contributed by atoms with Crippen molar-refractivity contribution >= 4 is 11.3 Å². The maximum Gasteiger partial charge on any atom is 0.165 e. The lowest BCUT2D eigenvalue weighted by Gasteiger charge is -2.02. The fourth-order valence-corrected chi connectivity index (χ4v) is 2.41. The predicted molar refractivity (Wildman–Crippen MR) is 58.5 cm³/mol. The van der Waals surface area contributed by atoms with Crippen molar-refractivity contribution < 1.29 is 0 Å². The molecule has 6 heteroatoms. The van der Waals surface area contributed by atoms with E-state index in [-0.39, 0.29) is 0 Å². The molecule has 2 aromatic rings. The van der Waals surface area contributed by atoms with Crippen LogP contribution in [0.2, 0.25) is 0 Å². The molecule has 2 N–H and O–H groups in total. The molecule has 0 aliphatic rings. The lowest BCUT2D eigenvalue weighted by Crippen LogP contribution is -2.10. The Morgan fingerprint density at radius 2 is 2.40 bits per heavy atom. The minimum absolute atomic E-state index is 0.375. The molecule has 0 unspecified atom stereocenters. The first-order valence-electron chi connectivity index (χ1n) is 4.85. The second-order valence-electron chi connectivity index (χ2n) is 3.18. The first-order chi connectivity index (χ1) is 7.35. The number of hydrogen-bond acceptors (Lipinski definition) is 5. The van der Waals surface area contributed by atoms with E-state index in [2.05, 4.69) is 33.9 Å². The summed E-state index contributed by atoms with van der Waals surface area (Å²) >= 11 is 1.73. The molecule has 0 fully saturated rings. The van der Waals surface area contributed by atoms with Crippen molar-refractivity contribution in [3.63, 3.8) is 0 Å². The average molecular weight is 223 g/mol. The van der Waals surface area contributed by atoms with Gasteiger partial charge in [0.1, 0.15) is 0 Å². The second-order valence-corrected chi connectivity index (χ2v) is 4.18. The third-order valence-electron chi connectivity index (χ3n) is 2.30. The molecule has 0 radical (unpaired) electrons. The Kier molecular flexibility index (Phi) is 3.08. The summed E-state index contributed by atoms with van der Waals surface area (Å²) < 4.78 is 1.75. The molecule has 0 bridgehead atoms. The third kappa shape index (κ3) is 2.05. The summed E-state index contributed by atoms with van der Waals surface area (Å²) in [5, 5.41) is 13.5. The molecule has 2 rings (SSSR count). The van der Waals surface area contributed by atoms with Gasteiger partial charge in [-0.3, -0.25) is 0 Å². The topological polar surface area (TPSA) is 69.6 Å². The average Bonchev–Trinajstić information content (AvgIpc) is 2.87. The SMILES string of the molecule is CCc1ccsc1Cn1nnnc1CN. The minimum Gasteiger partial charge on any atom is -0.324 e. The van der Waals surface area contributed by atoms with E-state index in [0.29, 0.717) is 6.54 Å². The number of thiophene rings is 1. The maximum absolute atomic E-state index is 5.53. The highest BCUT2D eigenvalue weighted by molar-refractivity contribution is 7.10. The van der Waals surface area contributed by atoms with Crippen molar-refractivity contribution in [3.05, 3.63) is 27.7 Å². The fourth-order valence-electron chi connectivity index (χ4n) is 1.45. The smallest absolute Gasteiger partial charge is 0.165 e. The zero-order chi connectivity index (χ0) is 10.7. The maximum atomic E-state index is 5.53. The number of aryl methyl sites for hydroxylation is 1. The monoisotopic (exact) mass is 223 g/mol. The van der Waals surface area contributed by atoms with E-state index in [1.807, 2.05) is 0 Å². The predicted octanol–water partition coefficient (Wildman–Crippen LogP) is 0.804. The van der Waals surface area contributed by atoms with Gasteiger partial charge in [-0.2, -0.15) is 0 Å². The van der Waals surface area contributed by atoms with Crippen LogP contribution in [0.3, 0.4) is 0 Å². The van der Waals surface area contributed by atoms with Gasteiger partial charge in [0.2, 0.25) is 0 Å². The summed E-state index contributed by atoms with van der Waals surface area (Å²) in [4.78, 5) is 1.31. The highest BCUT2D eigenvalue weighted by Crippen LogP contribution is 2.18. The summed E-state index contributed by atoms with van der Waals surface area (Å²) in [6.07, 6.45) is 1.04. The van der Waals surface area contributed by atoms with Crippen LogP contribution in [0.5, 0.6) is 0 Å². The third-order valence-corrected chi connectivity index (χ3v) is 3.25. The first kappa shape index (κ1) is 10.3. The Morgan fingerprint density at radius 3 is 3.13 bits per heavy atom. The van der Waals surface area contributed by atoms with Crippen molar-refractivity contribution in [2.24, 2.45) is 5.73 Å². The zero-order valence-electron chi connectivity index (χ0n) is 8.55. The Balaban J connectivity index is 2.21. The standard InChI is InChI=1S/C9H13N5S/c1-2-7-3-4-15-8(7)6-14-9(5-10)11-12-13-14/h3-4H,2,5-6,10H2,1H3. The van der Waals surface area contributed by atoms with Gasteiger partial charge in [-0.15, -0.1) is 16.4 Å². The quantitative estimate of drug-likeness (QED) is 0.832. The first-order valence-corrected chi connectivity index (χ1v) is 5.73. The second kappa shape index (κ2) is 4.50. The highest BCUT2D eigenvalue weighted by Gasteiger charge is 2.08. The van der Waals surface area contributed by atoms with Gasteiger partial charge in [-0.25, -0.2) is 4.68 Å². The van der Waals surface area contributed by atoms with Crippen molar-refractivity contribution in [2.75, 3.05) is 0 Å². The number of aromatic nitrogens is 4. The summed E-state index contributed by atoms with van der Waals surface area (Å²) in [6.45, 7) is 3.25. The largest absolute Gasteiger partial charge is 0.324 e. The molecule has 15 heavy (non-hydrogen) atoms. The molecule has 0 saturated carbocycles. The number of hydrogen-bond donors (Lipinski definition) is 1. The number of nitrogens with zero attached hydrogens (tertiary/aromatic N) is 4. The molecule has 0 saturated heterocycles. The van der Waals surface area contributed by atoms with Crippen LogP contribution >= 0.6 is 11.3 Å². The van der Waals surface area contributed by atoms with Gasteiger partial charge in [-0.1, -0.05) is 6.92 Å². The van der Waals surface area contributed by atoms with Crippen LogP contribution in [-0.2, 0) is 19.5 Å². The molecule has 0 aromatic carbocycles. The van der Waals surface area contributed by atoms with Crippen LogP contribution in [0.25, 0.3) is 0 Å². The molecule has 0 amide bonds. The van der Waals surface area contributed by atoms with E-state index in [1.165, 1.54) is 10.4 Å². The summed E-state index contributed by atoms with van der Waals surface area (Å²) in [5.41, 5.74) is 6.89. The van der Waals surface area contributed by atoms with E-state index in [9.17, 15) is 0 Å². The molecule has 2 heterocycles. The highest BCUT2D eigenvalue weighted by atomic mass is 32.1. The Labute approximate surface area is 91.9 Å². The van der Waals surface area contributed by atoms with Gasteiger partial charge in [0, 0.05) is 4.88 Å². The summed E-state index contributed by atoms with van der Waals surface area (Å²) in [6, 6.07) is 2.15. The molecule has 0 aliphatic carbocycles. The Bertz CT molecular complexity index is 393. The van der Waals surface area contributed by atoms with E-state index < -0.39 is 0 Å². The van der Waals surface area contributed by atoms with Crippen molar-refractivity contribution in [1.29, 1.82) is 0 Å². The van der Waals surface area contributed by atoms with E-state index in [0.717, 1.165) is 18.8 Å². The van der Waals surface area contributed by atoms with Crippen molar-refractivity contribution in [1.82, 2.24) is 20.2 Å². The summed E-state index contributed by atoms with van der Waals surface area (Å²) in [7, 11) is 0. The van der Waals surface area contributed by atoms with Crippen LogP contribution in [0.1, 0.15) is 23.2 Å². The molecular weight excluding hydrogens is 210 g/mol. The van der Waals surface area contributed by atoms with Gasteiger partial charge >= 0.3 is 0 Å². The Morgan fingerprint density at radius 1 is 1.53 bits per heavy atom. The minimum atomic E-state index is 0.375. The van der Waals surface area contributed by atoms with Crippen LogP contribution < -0.4 is 5.73 Å². The van der Waals surface area contributed by atoms with Gasteiger partial charge in [-0.05, 0) is 33.9 Å². The molecular formula is C9H13N5S. The van der Waals surface area contributed by atoms with Gasteiger partial charge in [0.15, 0.2) is 5.82 Å². The van der Waals surface area contributed by atoms with Crippen LogP contribution in [0, 0.1) is 0 Å². The lowest BCUT2D eigenvalue weighted by molar-refractivity contribution is 0.622. The van der Waals surface area contributed by atoms with Crippen LogP contribution in [-0.4, -0.2) is 20.2 Å². The number of rotatable bonds is 4. The number of tetrazole rings is 1. The van der Waals surface area contributed by atoms with Gasteiger partial charge < -0.3 is 5.73 Å². The zero-order valence-corrected chi connectivity index (χ0v) is 9.37. The molecule has 0 atom stereocenters. The fraction of sp³-hybridized carbons (Fsp3) is 0.444. The molecule has 0 spiro atoms. The van der Waals surface area contributed by atoms with E-state index in [4.69, 9.17) is 5.73 Å². The lowest BCUT2D eigenvalue weighted by atomic mass is 10.2. The molecule has 80 valence electrons. The van der Waals surface area contributed by atoms with Gasteiger partial charge in [0.25, 0.3) is 0 Å². The van der Waals surface area contributed by atoms with Crippen LogP contribution in [0.4, 0.5) is 0 Å². The van der Waals surface area contributed by atoms with Crippen LogP contribution in [0.15, 0.2) is 11.4 Å². The van der Waals surface area contributed by atoms with E-state index >= 15 is 0 Å². The summed E-state index contributed by atoms with van der Waals surface area (Å²) in [5.74, 6) is 0.727. The van der Waals surface area contributed by atoms with Crippen molar-refractivity contribution in [3.8, 4) is 0 Å². The Hall–Kier alpha value is -1.27. The van der Waals surface area contributed by atoms with E-state index in [1.54, 1.807) is 16.0 Å². The number of nitrogens with two attached hydrogens (primary N) is 1. The molecule has 5 nitrogen and oxygen atoms in total. The molecule has 2 aromatic heterocycles. The van der Waals surface area contributed by atoms with Crippen molar-refractivity contribution in [2.45, 2.75) is 26.4 Å².